The topological polar surface area (TPSA) is 84.9 Å². The van der Waals surface area contributed by atoms with Gasteiger partial charge in [-0.25, -0.2) is 12.7 Å². The molecule has 1 atom stereocenters. The zero-order valence-corrected chi connectivity index (χ0v) is 17.7. The summed E-state index contributed by atoms with van der Waals surface area (Å²) in [4.78, 5) is 12.4. The summed E-state index contributed by atoms with van der Waals surface area (Å²) in [5.74, 6) is 0.243. The molecule has 2 aromatic rings. The number of carbonyl (C=O) groups is 1. The third-order valence-corrected chi connectivity index (χ3v) is 5.82. The molecule has 2 aromatic carbocycles. The van der Waals surface area contributed by atoms with E-state index >= 15 is 0 Å². The zero-order chi connectivity index (χ0) is 20.9. The van der Waals surface area contributed by atoms with Gasteiger partial charge in [0.05, 0.1) is 6.61 Å². The minimum absolute atomic E-state index is 0.0273. The van der Waals surface area contributed by atoms with Crippen LogP contribution in [0.15, 0.2) is 47.4 Å². The first-order valence-electron chi connectivity index (χ1n) is 8.57. The predicted octanol–water partition coefficient (Wildman–Crippen LogP) is 3.40. The van der Waals surface area contributed by atoms with Gasteiger partial charge in [0.1, 0.15) is 16.4 Å². The number of amides is 1. The number of rotatable bonds is 8. The Morgan fingerprint density at radius 1 is 1.21 bits per heavy atom. The van der Waals surface area contributed by atoms with Crippen LogP contribution in [0, 0.1) is 0 Å². The van der Waals surface area contributed by atoms with Gasteiger partial charge in [-0.1, -0.05) is 17.7 Å². The maximum atomic E-state index is 12.6. The lowest BCUT2D eigenvalue weighted by Crippen LogP contribution is -2.30. The molecule has 152 valence electrons. The number of sulfonamides is 1. The van der Waals surface area contributed by atoms with Crippen molar-refractivity contribution in [2.24, 2.45) is 0 Å². The van der Waals surface area contributed by atoms with Crippen molar-refractivity contribution in [3.05, 3.63) is 47.5 Å². The highest BCUT2D eigenvalue weighted by Crippen LogP contribution is 2.29. The van der Waals surface area contributed by atoms with Crippen molar-refractivity contribution in [3.63, 3.8) is 0 Å². The quantitative estimate of drug-likeness (QED) is 0.699. The first kappa shape index (κ1) is 22.0. The molecule has 0 aliphatic rings. The lowest BCUT2D eigenvalue weighted by atomic mass is 10.2. The second-order valence-electron chi connectivity index (χ2n) is 6.09. The molecule has 0 spiro atoms. The molecular weight excluding hydrogens is 404 g/mol. The van der Waals surface area contributed by atoms with Gasteiger partial charge in [0.15, 0.2) is 6.10 Å². The Balaban J connectivity index is 2.22. The van der Waals surface area contributed by atoms with E-state index in [0.29, 0.717) is 23.1 Å². The maximum absolute atomic E-state index is 12.6. The van der Waals surface area contributed by atoms with E-state index in [-0.39, 0.29) is 10.6 Å². The van der Waals surface area contributed by atoms with Gasteiger partial charge in [-0.3, -0.25) is 4.79 Å². The number of hydrogen-bond donors (Lipinski definition) is 1. The summed E-state index contributed by atoms with van der Waals surface area (Å²) in [5, 5.41) is 3.16. The van der Waals surface area contributed by atoms with Gasteiger partial charge in [-0.15, -0.1) is 0 Å². The minimum Gasteiger partial charge on any atom is -0.492 e. The van der Waals surface area contributed by atoms with Crippen LogP contribution in [0.2, 0.25) is 5.02 Å². The summed E-state index contributed by atoms with van der Waals surface area (Å²) in [6, 6.07) is 11.2. The summed E-state index contributed by atoms with van der Waals surface area (Å²) in [5.41, 5.74) is 0.315. The number of carbonyl (C=O) groups excluding carboxylic acids is 1. The fourth-order valence-electron chi connectivity index (χ4n) is 2.30. The minimum atomic E-state index is -3.75. The molecule has 1 unspecified atom stereocenters. The highest BCUT2D eigenvalue weighted by atomic mass is 35.5. The number of nitrogens with zero attached hydrogens (tertiary/aromatic N) is 1. The van der Waals surface area contributed by atoms with Crippen LogP contribution >= 0.6 is 11.6 Å². The van der Waals surface area contributed by atoms with Crippen molar-refractivity contribution in [1.29, 1.82) is 0 Å². The van der Waals surface area contributed by atoms with Crippen LogP contribution in [0.5, 0.6) is 11.5 Å². The molecule has 1 N–H and O–H groups in total. The first-order chi connectivity index (χ1) is 13.1. The SMILES string of the molecule is CCOc1ccc(NC(=O)C(C)Oc2cccc(Cl)c2)cc1S(=O)(=O)N(C)C. The van der Waals surface area contributed by atoms with Gasteiger partial charge in [0.25, 0.3) is 5.91 Å². The highest BCUT2D eigenvalue weighted by molar-refractivity contribution is 7.89. The van der Waals surface area contributed by atoms with Crippen molar-refractivity contribution in [2.75, 3.05) is 26.0 Å². The van der Waals surface area contributed by atoms with Crippen LogP contribution in [0.3, 0.4) is 0 Å². The van der Waals surface area contributed by atoms with E-state index < -0.39 is 22.0 Å². The summed E-state index contributed by atoms with van der Waals surface area (Å²) < 4.78 is 37.2. The van der Waals surface area contributed by atoms with Gasteiger partial charge in [0, 0.05) is 24.8 Å². The van der Waals surface area contributed by atoms with E-state index in [9.17, 15) is 13.2 Å². The molecule has 0 bridgehead atoms. The molecule has 0 fully saturated rings. The number of hydrogen-bond acceptors (Lipinski definition) is 5. The second-order valence-corrected chi connectivity index (χ2v) is 8.65. The molecule has 0 aliphatic heterocycles. The average molecular weight is 427 g/mol. The van der Waals surface area contributed by atoms with Crippen LogP contribution in [-0.4, -0.2) is 45.4 Å². The smallest absolute Gasteiger partial charge is 0.265 e. The zero-order valence-electron chi connectivity index (χ0n) is 16.1. The normalized spacial score (nSPS) is 12.5. The van der Waals surface area contributed by atoms with Gasteiger partial charge < -0.3 is 14.8 Å². The molecule has 0 heterocycles. The predicted molar refractivity (Wildman–Crippen MR) is 109 cm³/mol. The molecule has 1 amide bonds. The number of nitrogens with one attached hydrogen (secondary N) is 1. The molecule has 2 rings (SSSR count). The van der Waals surface area contributed by atoms with E-state index in [0.717, 1.165) is 4.31 Å². The van der Waals surface area contributed by atoms with Crippen molar-refractivity contribution in [3.8, 4) is 11.5 Å². The Morgan fingerprint density at radius 3 is 2.54 bits per heavy atom. The average Bonchev–Trinajstić information content (AvgIpc) is 2.62. The summed E-state index contributed by atoms with van der Waals surface area (Å²) >= 11 is 5.91. The van der Waals surface area contributed by atoms with Gasteiger partial charge in [0.2, 0.25) is 10.0 Å². The van der Waals surface area contributed by atoms with E-state index in [1.54, 1.807) is 44.2 Å². The summed E-state index contributed by atoms with van der Waals surface area (Å²) in [7, 11) is -0.895. The fourth-order valence-corrected chi connectivity index (χ4v) is 3.53. The highest BCUT2D eigenvalue weighted by Gasteiger charge is 2.24. The van der Waals surface area contributed by atoms with Gasteiger partial charge in [-0.05, 0) is 50.2 Å². The lowest BCUT2D eigenvalue weighted by Gasteiger charge is -2.18. The first-order valence-corrected chi connectivity index (χ1v) is 10.4. The molecule has 28 heavy (non-hydrogen) atoms. The van der Waals surface area contributed by atoms with Crippen LogP contribution in [0.4, 0.5) is 5.69 Å². The maximum Gasteiger partial charge on any atom is 0.265 e. The van der Waals surface area contributed by atoms with Crippen LogP contribution in [0.1, 0.15) is 13.8 Å². The van der Waals surface area contributed by atoms with E-state index in [4.69, 9.17) is 21.1 Å². The molecule has 0 saturated carbocycles. The van der Waals surface area contributed by atoms with Crippen molar-refractivity contribution < 1.29 is 22.7 Å². The standard InChI is InChI=1S/C19H23ClN2O5S/c1-5-26-17-10-9-15(12-18(17)28(24,25)22(3)4)21-19(23)13(2)27-16-8-6-7-14(20)11-16/h6-13H,5H2,1-4H3,(H,21,23). The van der Waals surface area contributed by atoms with Crippen molar-refractivity contribution >= 4 is 33.2 Å². The molecule has 0 radical (unpaired) electrons. The molecule has 9 heteroatoms. The monoisotopic (exact) mass is 426 g/mol. The number of ether oxygens (including phenoxy) is 2. The third kappa shape index (κ3) is 5.37. The molecule has 7 nitrogen and oxygen atoms in total. The summed E-state index contributed by atoms with van der Waals surface area (Å²) in [6.07, 6.45) is -0.820. The number of benzene rings is 2. The Hall–Kier alpha value is -2.29. The van der Waals surface area contributed by atoms with Crippen LogP contribution in [0.25, 0.3) is 0 Å². The van der Waals surface area contributed by atoms with Crippen molar-refractivity contribution in [1.82, 2.24) is 4.31 Å². The van der Waals surface area contributed by atoms with Crippen molar-refractivity contribution in [2.45, 2.75) is 24.8 Å². The fraction of sp³-hybridized carbons (Fsp3) is 0.316. The lowest BCUT2D eigenvalue weighted by molar-refractivity contribution is -0.122. The van der Waals surface area contributed by atoms with Crippen LogP contribution < -0.4 is 14.8 Å². The van der Waals surface area contributed by atoms with E-state index in [1.807, 2.05) is 0 Å². The molecule has 0 aliphatic carbocycles. The Morgan fingerprint density at radius 2 is 1.93 bits per heavy atom. The van der Waals surface area contributed by atoms with E-state index in [2.05, 4.69) is 5.32 Å². The van der Waals surface area contributed by atoms with Gasteiger partial charge in [-0.2, -0.15) is 0 Å². The Bertz CT molecular complexity index is 947. The Kier molecular flexibility index (Phi) is 7.29. The van der Waals surface area contributed by atoms with Gasteiger partial charge >= 0.3 is 0 Å². The largest absolute Gasteiger partial charge is 0.492 e. The number of halogens is 1. The molecule has 0 saturated heterocycles. The summed E-state index contributed by atoms with van der Waals surface area (Å²) in [6.45, 7) is 3.66. The van der Waals surface area contributed by atoms with Crippen LogP contribution in [-0.2, 0) is 14.8 Å². The third-order valence-electron chi connectivity index (χ3n) is 3.75. The Labute approximate surface area is 170 Å². The molecular formula is C19H23ClN2O5S. The number of anilines is 1. The second kappa shape index (κ2) is 9.27. The molecule has 0 aromatic heterocycles. The van der Waals surface area contributed by atoms with E-state index in [1.165, 1.54) is 26.2 Å².